The molecule has 25 heavy (non-hydrogen) atoms. The molecule has 6 heteroatoms. The summed E-state index contributed by atoms with van der Waals surface area (Å²) in [6, 6.07) is 7.61. The molecule has 0 unspecified atom stereocenters. The van der Waals surface area contributed by atoms with Crippen molar-refractivity contribution < 1.29 is 4.74 Å². The monoisotopic (exact) mass is 354 g/mol. The van der Waals surface area contributed by atoms with Crippen LogP contribution in [0, 0.1) is 0 Å². The lowest BCUT2D eigenvalue weighted by Crippen LogP contribution is -1.99. The van der Waals surface area contributed by atoms with Crippen molar-refractivity contribution >= 4 is 11.6 Å². The van der Waals surface area contributed by atoms with Crippen molar-refractivity contribution in [2.75, 3.05) is 0 Å². The van der Waals surface area contributed by atoms with E-state index in [1.807, 2.05) is 28.9 Å². The molecule has 1 aliphatic carbocycles. The SMILES string of the molecule is CCn1cc(-c2cncc(OCc3cccc(Cl)c3)n2)c(C2CC2)n1. The highest BCUT2D eigenvalue weighted by atomic mass is 35.5. The van der Waals surface area contributed by atoms with Crippen molar-refractivity contribution in [2.24, 2.45) is 0 Å². The fourth-order valence-corrected chi connectivity index (χ4v) is 3.00. The Hall–Kier alpha value is -2.40. The Morgan fingerprint density at radius 3 is 2.92 bits per heavy atom. The third-order valence-corrected chi connectivity index (χ3v) is 4.48. The first kappa shape index (κ1) is 16.1. The van der Waals surface area contributed by atoms with Crippen LogP contribution in [0.4, 0.5) is 0 Å². The molecule has 0 atom stereocenters. The van der Waals surface area contributed by atoms with Crippen LogP contribution in [-0.4, -0.2) is 19.7 Å². The topological polar surface area (TPSA) is 52.8 Å². The molecule has 0 saturated heterocycles. The number of benzene rings is 1. The Bertz CT molecular complexity index is 889. The highest BCUT2D eigenvalue weighted by molar-refractivity contribution is 6.30. The first-order valence-electron chi connectivity index (χ1n) is 8.50. The molecule has 0 spiro atoms. The third kappa shape index (κ3) is 3.66. The summed E-state index contributed by atoms with van der Waals surface area (Å²) in [6.07, 6.45) is 7.86. The van der Waals surface area contributed by atoms with Crippen LogP contribution in [0.25, 0.3) is 11.3 Å². The fraction of sp³-hybridized carbons (Fsp3) is 0.316. The van der Waals surface area contributed by atoms with Crippen LogP contribution >= 0.6 is 11.6 Å². The second-order valence-electron chi connectivity index (χ2n) is 6.22. The second kappa shape index (κ2) is 6.84. The van der Waals surface area contributed by atoms with E-state index >= 15 is 0 Å². The van der Waals surface area contributed by atoms with E-state index < -0.39 is 0 Å². The summed E-state index contributed by atoms with van der Waals surface area (Å²) < 4.78 is 7.76. The van der Waals surface area contributed by atoms with E-state index in [1.54, 1.807) is 12.4 Å². The van der Waals surface area contributed by atoms with Gasteiger partial charge in [0.05, 0.1) is 23.8 Å². The predicted octanol–water partition coefficient (Wildman–Crippen LogP) is 4.47. The standard InChI is InChI=1S/C19H19ClN4O/c1-2-24-11-16(19(23-24)14-6-7-14)17-9-21-10-18(22-17)25-12-13-4-3-5-15(20)8-13/h3-5,8-11,14H,2,6-7,12H2,1H3. The average Bonchev–Trinajstić information content (AvgIpc) is 3.39. The molecule has 0 amide bonds. The number of halogens is 1. The van der Waals surface area contributed by atoms with Crippen molar-refractivity contribution in [1.29, 1.82) is 0 Å². The van der Waals surface area contributed by atoms with Gasteiger partial charge in [-0.3, -0.25) is 9.67 Å². The van der Waals surface area contributed by atoms with Crippen LogP contribution in [0.2, 0.25) is 5.02 Å². The van der Waals surface area contributed by atoms with Gasteiger partial charge in [0.2, 0.25) is 5.88 Å². The van der Waals surface area contributed by atoms with E-state index in [-0.39, 0.29) is 0 Å². The van der Waals surface area contributed by atoms with E-state index in [2.05, 4.69) is 23.1 Å². The Morgan fingerprint density at radius 2 is 2.16 bits per heavy atom. The molecule has 0 aliphatic heterocycles. The quantitative estimate of drug-likeness (QED) is 0.655. The van der Waals surface area contributed by atoms with Gasteiger partial charge in [0, 0.05) is 29.2 Å². The zero-order chi connectivity index (χ0) is 17.2. The molecule has 4 rings (SSSR count). The van der Waals surface area contributed by atoms with Gasteiger partial charge < -0.3 is 4.74 Å². The van der Waals surface area contributed by atoms with Gasteiger partial charge >= 0.3 is 0 Å². The highest BCUT2D eigenvalue weighted by Crippen LogP contribution is 2.43. The zero-order valence-corrected chi connectivity index (χ0v) is 14.8. The summed E-state index contributed by atoms with van der Waals surface area (Å²) in [6.45, 7) is 3.34. The molecule has 128 valence electrons. The molecule has 3 aromatic rings. The van der Waals surface area contributed by atoms with Gasteiger partial charge in [0.15, 0.2) is 0 Å². The molecule has 2 heterocycles. The number of hydrogen-bond acceptors (Lipinski definition) is 4. The van der Waals surface area contributed by atoms with Crippen molar-refractivity contribution in [2.45, 2.75) is 38.8 Å². The number of ether oxygens (including phenoxy) is 1. The molecular weight excluding hydrogens is 336 g/mol. The number of aryl methyl sites for hydroxylation is 1. The van der Waals surface area contributed by atoms with Crippen LogP contribution in [0.3, 0.4) is 0 Å². The Morgan fingerprint density at radius 1 is 1.28 bits per heavy atom. The molecule has 2 aromatic heterocycles. The van der Waals surface area contributed by atoms with Crippen molar-refractivity contribution in [3.63, 3.8) is 0 Å². The van der Waals surface area contributed by atoms with Gasteiger partial charge in [-0.1, -0.05) is 23.7 Å². The first-order chi connectivity index (χ1) is 12.2. The van der Waals surface area contributed by atoms with E-state index in [4.69, 9.17) is 21.4 Å². The zero-order valence-electron chi connectivity index (χ0n) is 14.0. The van der Waals surface area contributed by atoms with Gasteiger partial charge in [-0.2, -0.15) is 5.10 Å². The maximum absolute atomic E-state index is 6.01. The summed E-state index contributed by atoms with van der Waals surface area (Å²) in [5, 5.41) is 5.39. The van der Waals surface area contributed by atoms with Crippen molar-refractivity contribution in [3.8, 4) is 17.1 Å². The van der Waals surface area contributed by atoms with Crippen LogP contribution < -0.4 is 4.74 Å². The maximum Gasteiger partial charge on any atom is 0.233 e. The molecule has 0 N–H and O–H groups in total. The average molecular weight is 355 g/mol. The minimum Gasteiger partial charge on any atom is -0.472 e. The van der Waals surface area contributed by atoms with Crippen LogP contribution in [0.15, 0.2) is 42.9 Å². The minimum atomic E-state index is 0.405. The second-order valence-corrected chi connectivity index (χ2v) is 6.66. The van der Waals surface area contributed by atoms with Crippen LogP contribution in [0.1, 0.15) is 36.9 Å². The van der Waals surface area contributed by atoms with Crippen LogP contribution in [-0.2, 0) is 13.2 Å². The van der Waals surface area contributed by atoms with E-state index in [0.717, 1.165) is 29.1 Å². The Labute approximate surface area is 151 Å². The molecule has 1 aliphatic rings. The number of hydrogen-bond donors (Lipinski definition) is 0. The van der Waals surface area contributed by atoms with Gasteiger partial charge in [0.1, 0.15) is 6.61 Å². The fourth-order valence-electron chi connectivity index (χ4n) is 2.79. The lowest BCUT2D eigenvalue weighted by atomic mass is 10.1. The van der Waals surface area contributed by atoms with Crippen molar-refractivity contribution in [1.82, 2.24) is 19.7 Å². The smallest absolute Gasteiger partial charge is 0.233 e. The Balaban J connectivity index is 1.56. The number of nitrogens with zero attached hydrogens (tertiary/aromatic N) is 4. The summed E-state index contributed by atoms with van der Waals surface area (Å²) in [5.74, 6) is 1.06. The van der Waals surface area contributed by atoms with Gasteiger partial charge in [-0.15, -0.1) is 0 Å². The summed E-state index contributed by atoms with van der Waals surface area (Å²) in [7, 11) is 0. The molecule has 1 saturated carbocycles. The van der Waals surface area contributed by atoms with E-state index in [1.165, 1.54) is 12.8 Å². The number of aromatic nitrogens is 4. The predicted molar refractivity (Wildman–Crippen MR) is 96.7 cm³/mol. The van der Waals surface area contributed by atoms with E-state index in [9.17, 15) is 0 Å². The largest absolute Gasteiger partial charge is 0.472 e. The molecule has 0 bridgehead atoms. The lowest BCUT2D eigenvalue weighted by molar-refractivity contribution is 0.293. The number of rotatable bonds is 6. The molecule has 5 nitrogen and oxygen atoms in total. The minimum absolute atomic E-state index is 0.405. The lowest BCUT2D eigenvalue weighted by Gasteiger charge is -2.07. The maximum atomic E-state index is 6.01. The highest BCUT2D eigenvalue weighted by Gasteiger charge is 2.30. The van der Waals surface area contributed by atoms with E-state index in [0.29, 0.717) is 23.4 Å². The molecule has 0 radical (unpaired) electrons. The first-order valence-corrected chi connectivity index (χ1v) is 8.87. The summed E-state index contributed by atoms with van der Waals surface area (Å²) in [4.78, 5) is 8.92. The Kier molecular flexibility index (Phi) is 4.40. The summed E-state index contributed by atoms with van der Waals surface area (Å²) in [5.41, 5.74) is 4.00. The third-order valence-electron chi connectivity index (χ3n) is 4.24. The molecule has 1 fully saturated rings. The summed E-state index contributed by atoms with van der Waals surface area (Å²) >= 11 is 6.01. The van der Waals surface area contributed by atoms with Gasteiger partial charge in [-0.05, 0) is 37.5 Å². The van der Waals surface area contributed by atoms with Crippen molar-refractivity contribution in [3.05, 3.63) is 59.1 Å². The molecular formula is C19H19ClN4O. The van der Waals surface area contributed by atoms with Crippen LogP contribution in [0.5, 0.6) is 5.88 Å². The van der Waals surface area contributed by atoms with Gasteiger partial charge in [-0.25, -0.2) is 4.98 Å². The molecule has 1 aromatic carbocycles. The normalized spacial score (nSPS) is 13.8. The van der Waals surface area contributed by atoms with Gasteiger partial charge in [0.25, 0.3) is 0 Å².